The highest BCUT2D eigenvalue weighted by Crippen LogP contribution is 2.15. The van der Waals surface area contributed by atoms with Crippen LogP contribution in [0, 0.1) is 0 Å². The number of halogens is 1. The van der Waals surface area contributed by atoms with E-state index in [-0.39, 0.29) is 12.5 Å². The number of thiazole rings is 1. The van der Waals surface area contributed by atoms with Crippen molar-refractivity contribution in [2.24, 2.45) is 4.99 Å². The van der Waals surface area contributed by atoms with Gasteiger partial charge in [0.25, 0.3) is 5.91 Å². The minimum Gasteiger partial charge on any atom is -0.372 e. The lowest BCUT2D eigenvalue weighted by Gasteiger charge is -2.05. The Morgan fingerprint density at radius 3 is 3.00 bits per heavy atom. The van der Waals surface area contributed by atoms with Gasteiger partial charge in [0.2, 0.25) is 0 Å². The van der Waals surface area contributed by atoms with Crippen molar-refractivity contribution in [3.8, 4) is 0 Å². The van der Waals surface area contributed by atoms with Crippen molar-refractivity contribution in [3.05, 3.63) is 51.2 Å². The van der Waals surface area contributed by atoms with Crippen LogP contribution in [-0.2, 0) is 16.1 Å². The van der Waals surface area contributed by atoms with Crippen LogP contribution in [0.2, 0.25) is 5.02 Å². The summed E-state index contributed by atoms with van der Waals surface area (Å²) in [5.74, 6) is -0.265. The monoisotopic (exact) mass is 324 g/mol. The first-order valence-corrected chi connectivity index (χ1v) is 7.99. The van der Waals surface area contributed by atoms with Crippen LogP contribution in [0.15, 0.2) is 40.8 Å². The predicted octanol–water partition coefficient (Wildman–Crippen LogP) is 3.11. The average Bonchev–Trinajstić information content (AvgIpc) is 2.89. The van der Waals surface area contributed by atoms with Crippen LogP contribution in [0.3, 0.4) is 0 Å². The van der Waals surface area contributed by atoms with E-state index in [4.69, 9.17) is 16.3 Å². The summed E-state index contributed by atoms with van der Waals surface area (Å²) in [5, 5.41) is 2.61. The van der Waals surface area contributed by atoms with Crippen molar-refractivity contribution in [3.63, 3.8) is 0 Å². The third-order valence-electron chi connectivity index (χ3n) is 2.75. The molecular formula is C15H17ClN2O2S. The second-order valence-electron chi connectivity index (χ2n) is 4.46. The lowest BCUT2D eigenvalue weighted by atomic mass is 10.2. The number of nitrogens with zero attached hydrogens (tertiary/aromatic N) is 2. The smallest absolute Gasteiger partial charge is 0.274 e. The van der Waals surface area contributed by atoms with Gasteiger partial charge < -0.3 is 9.30 Å². The summed E-state index contributed by atoms with van der Waals surface area (Å²) in [6, 6.07) is 7.64. The quantitative estimate of drug-likeness (QED) is 0.766. The molecular weight excluding hydrogens is 308 g/mol. The number of ether oxygens (including phenoxy) is 1. The van der Waals surface area contributed by atoms with Crippen LogP contribution in [-0.4, -0.2) is 23.7 Å². The molecule has 112 valence electrons. The summed E-state index contributed by atoms with van der Waals surface area (Å²) in [4.78, 5) is 16.5. The molecule has 0 saturated heterocycles. The van der Waals surface area contributed by atoms with Gasteiger partial charge >= 0.3 is 0 Å². The molecule has 0 N–H and O–H groups in total. The van der Waals surface area contributed by atoms with E-state index in [0.717, 1.165) is 12.0 Å². The Morgan fingerprint density at radius 2 is 2.24 bits per heavy atom. The molecule has 0 saturated carbocycles. The van der Waals surface area contributed by atoms with Crippen molar-refractivity contribution in [1.82, 2.24) is 4.57 Å². The van der Waals surface area contributed by atoms with Gasteiger partial charge in [0.1, 0.15) is 6.61 Å². The van der Waals surface area contributed by atoms with Gasteiger partial charge in [-0.3, -0.25) is 4.79 Å². The van der Waals surface area contributed by atoms with Gasteiger partial charge in [-0.05, 0) is 18.1 Å². The van der Waals surface area contributed by atoms with E-state index in [1.807, 2.05) is 47.3 Å². The van der Waals surface area contributed by atoms with Crippen molar-refractivity contribution >= 4 is 28.8 Å². The molecule has 4 nitrogen and oxygen atoms in total. The molecule has 0 bridgehead atoms. The van der Waals surface area contributed by atoms with Gasteiger partial charge in [0.15, 0.2) is 4.80 Å². The average molecular weight is 325 g/mol. The maximum Gasteiger partial charge on any atom is 0.274 e. The van der Waals surface area contributed by atoms with E-state index in [1.54, 1.807) is 0 Å². The third-order valence-corrected chi connectivity index (χ3v) is 3.92. The highest BCUT2D eigenvalue weighted by Gasteiger charge is 2.04. The summed E-state index contributed by atoms with van der Waals surface area (Å²) in [6.45, 7) is 3.19. The molecule has 0 atom stereocenters. The Bertz CT molecular complexity index is 663. The van der Waals surface area contributed by atoms with Crippen LogP contribution in [0.5, 0.6) is 0 Å². The second-order valence-corrected chi connectivity index (χ2v) is 5.74. The molecule has 0 aliphatic carbocycles. The second kappa shape index (κ2) is 8.12. The van der Waals surface area contributed by atoms with Crippen LogP contribution in [0.25, 0.3) is 0 Å². The first kappa shape index (κ1) is 15.9. The van der Waals surface area contributed by atoms with Crippen LogP contribution in [0.1, 0.15) is 18.9 Å². The van der Waals surface area contributed by atoms with E-state index < -0.39 is 0 Å². The van der Waals surface area contributed by atoms with E-state index >= 15 is 0 Å². The largest absolute Gasteiger partial charge is 0.372 e. The molecule has 0 aliphatic rings. The zero-order chi connectivity index (χ0) is 15.1. The summed E-state index contributed by atoms with van der Waals surface area (Å²) in [7, 11) is 0. The lowest BCUT2D eigenvalue weighted by molar-refractivity contribution is -0.122. The molecule has 2 aromatic rings. The maximum atomic E-state index is 11.7. The summed E-state index contributed by atoms with van der Waals surface area (Å²) >= 11 is 7.58. The van der Waals surface area contributed by atoms with Crippen LogP contribution in [0.4, 0.5) is 0 Å². The van der Waals surface area contributed by atoms with Crippen LogP contribution < -0.4 is 4.80 Å². The fourth-order valence-corrected chi connectivity index (χ4v) is 2.70. The molecule has 0 aliphatic heterocycles. The Balaban J connectivity index is 2.11. The van der Waals surface area contributed by atoms with Gasteiger partial charge in [0, 0.05) is 23.2 Å². The molecule has 21 heavy (non-hydrogen) atoms. The van der Waals surface area contributed by atoms with E-state index in [9.17, 15) is 4.79 Å². The normalized spacial score (nSPS) is 11.8. The van der Waals surface area contributed by atoms with Crippen molar-refractivity contribution in [1.29, 1.82) is 0 Å². The third kappa shape index (κ3) is 4.81. The lowest BCUT2D eigenvalue weighted by Crippen LogP contribution is -2.19. The zero-order valence-corrected chi connectivity index (χ0v) is 13.4. The molecule has 2 rings (SSSR count). The number of carbonyl (C=O) groups is 1. The van der Waals surface area contributed by atoms with Gasteiger partial charge in [-0.25, -0.2) is 0 Å². The van der Waals surface area contributed by atoms with E-state index in [1.165, 1.54) is 11.3 Å². The minimum absolute atomic E-state index is 0.0256. The first-order chi connectivity index (χ1) is 10.2. The van der Waals surface area contributed by atoms with Crippen molar-refractivity contribution < 1.29 is 9.53 Å². The number of benzene rings is 1. The highest BCUT2D eigenvalue weighted by molar-refractivity contribution is 7.07. The number of rotatable bonds is 6. The highest BCUT2D eigenvalue weighted by atomic mass is 35.5. The molecule has 0 unspecified atom stereocenters. The standard InChI is InChI=1S/C15H17ClN2O2S/c1-2-8-20-11-14(19)17-15-18(7-9-21-15)10-12-5-3-4-6-13(12)16/h3-7,9H,2,8,10-11H2,1H3. The van der Waals surface area contributed by atoms with E-state index in [0.29, 0.717) is 23.0 Å². The SMILES string of the molecule is CCCOCC(=O)N=c1sccn1Cc1ccccc1Cl. The van der Waals surface area contributed by atoms with Gasteiger partial charge in [0.05, 0.1) is 6.54 Å². The molecule has 0 fully saturated rings. The summed E-state index contributed by atoms with van der Waals surface area (Å²) < 4.78 is 7.11. The Kier molecular flexibility index (Phi) is 6.17. The topological polar surface area (TPSA) is 43.6 Å². The Labute approximate surface area is 132 Å². The summed E-state index contributed by atoms with van der Waals surface area (Å²) in [5.41, 5.74) is 0.994. The van der Waals surface area contributed by atoms with Gasteiger partial charge in [-0.15, -0.1) is 11.3 Å². The number of aromatic nitrogens is 1. The molecule has 1 amide bonds. The molecule has 1 heterocycles. The number of carbonyl (C=O) groups excluding carboxylic acids is 1. The maximum absolute atomic E-state index is 11.7. The number of hydrogen-bond donors (Lipinski definition) is 0. The predicted molar refractivity (Wildman–Crippen MR) is 84.5 cm³/mol. The molecule has 1 aromatic heterocycles. The molecule has 1 aromatic carbocycles. The van der Waals surface area contributed by atoms with Gasteiger partial charge in [-0.2, -0.15) is 4.99 Å². The molecule has 0 spiro atoms. The Morgan fingerprint density at radius 1 is 1.43 bits per heavy atom. The van der Waals surface area contributed by atoms with Crippen LogP contribution >= 0.6 is 22.9 Å². The minimum atomic E-state index is -0.265. The summed E-state index contributed by atoms with van der Waals surface area (Å²) in [6.07, 6.45) is 2.78. The molecule has 0 radical (unpaired) electrons. The molecule has 6 heteroatoms. The Hall–Kier alpha value is -1.43. The number of amides is 1. The van der Waals surface area contributed by atoms with E-state index in [2.05, 4.69) is 4.99 Å². The van der Waals surface area contributed by atoms with Crippen molar-refractivity contribution in [2.75, 3.05) is 13.2 Å². The van der Waals surface area contributed by atoms with Crippen molar-refractivity contribution in [2.45, 2.75) is 19.9 Å². The fourth-order valence-electron chi connectivity index (χ4n) is 1.76. The first-order valence-electron chi connectivity index (χ1n) is 6.73. The fraction of sp³-hybridized carbons (Fsp3) is 0.333. The van der Waals surface area contributed by atoms with Gasteiger partial charge in [-0.1, -0.05) is 36.7 Å². The zero-order valence-electron chi connectivity index (χ0n) is 11.8. The number of hydrogen-bond acceptors (Lipinski definition) is 3.